The van der Waals surface area contributed by atoms with Crippen molar-refractivity contribution in [3.8, 4) is 0 Å². The molecule has 158 valence electrons. The molecule has 5 rings (SSSR count). The Hall–Kier alpha value is -3.14. The molecule has 1 aromatic heterocycles. The van der Waals surface area contributed by atoms with Crippen LogP contribution < -0.4 is 0 Å². The van der Waals surface area contributed by atoms with E-state index in [1.807, 2.05) is 60.7 Å². The third kappa shape index (κ3) is 4.14. The normalized spacial score (nSPS) is 14.0. The number of rotatable bonds is 4. The van der Waals surface area contributed by atoms with Crippen LogP contribution in [0.3, 0.4) is 0 Å². The first kappa shape index (κ1) is 20.7. The number of halogens is 2. The van der Waals surface area contributed by atoms with Crippen molar-refractivity contribution < 1.29 is 9.53 Å². The summed E-state index contributed by atoms with van der Waals surface area (Å²) >= 11 is 12.1. The Kier molecular flexibility index (Phi) is 5.69. The molecule has 32 heavy (non-hydrogen) atoms. The van der Waals surface area contributed by atoms with Gasteiger partial charge in [-0.05, 0) is 71.5 Å². The second kappa shape index (κ2) is 8.78. The van der Waals surface area contributed by atoms with Gasteiger partial charge >= 0.3 is 5.97 Å². The molecule has 0 amide bonds. The number of nitrogens with zero attached hydrogens (tertiary/aromatic N) is 1. The second-order valence-corrected chi connectivity index (χ2v) is 8.63. The van der Waals surface area contributed by atoms with Gasteiger partial charge in [-0.1, -0.05) is 65.7 Å². The Balaban J connectivity index is 1.54. The highest BCUT2D eigenvalue weighted by atomic mass is 35.5. The summed E-state index contributed by atoms with van der Waals surface area (Å²) in [6.45, 7) is 0.165. The largest absolute Gasteiger partial charge is 0.457 e. The van der Waals surface area contributed by atoms with Crippen LogP contribution in [0, 0.1) is 0 Å². The van der Waals surface area contributed by atoms with Crippen LogP contribution in [0.15, 0.2) is 72.8 Å². The Bertz CT molecular complexity index is 1360. The van der Waals surface area contributed by atoms with E-state index in [2.05, 4.69) is 6.08 Å². The summed E-state index contributed by atoms with van der Waals surface area (Å²) in [7, 11) is 0. The summed E-state index contributed by atoms with van der Waals surface area (Å²) in [6, 6.07) is 22.8. The molecule has 4 aromatic rings. The minimum atomic E-state index is -0.340. The topological polar surface area (TPSA) is 39.2 Å². The third-order valence-corrected chi connectivity index (χ3v) is 6.10. The van der Waals surface area contributed by atoms with Gasteiger partial charge in [0.1, 0.15) is 6.61 Å². The molecule has 0 fully saturated rings. The molecule has 0 N–H and O–H groups in total. The zero-order valence-corrected chi connectivity index (χ0v) is 18.7. The summed E-state index contributed by atoms with van der Waals surface area (Å²) in [5.74, 6) is -0.340. The van der Waals surface area contributed by atoms with Crippen molar-refractivity contribution in [2.45, 2.75) is 19.4 Å². The van der Waals surface area contributed by atoms with E-state index in [4.69, 9.17) is 32.9 Å². The van der Waals surface area contributed by atoms with Crippen LogP contribution in [0.25, 0.3) is 22.6 Å². The van der Waals surface area contributed by atoms with Gasteiger partial charge in [-0.2, -0.15) is 0 Å². The van der Waals surface area contributed by atoms with Gasteiger partial charge in [0.15, 0.2) is 0 Å². The molecule has 0 aliphatic heterocycles. The fourth-order valence-electron chi connectivity index (χ4n) is 4.12. The van der Waals surface area contributed by atoms with E-state index in [1.54, 1.807) is 12.1 Å². The number of hydrogen-bond acceptors (Lipinski definition) is 3. The molecular formula is C27H19Cl2NO2. The van der Waals surface area contributed by atoms with Gasteiger partial charge in [0.2, 0.25) is 0 Å². The number of esters is 1. The van der Waals surface area contributed by atoms with E-state index in [9.17, 15) is 4.79 Å². The van der Waals surface area contributed by atoms with Crippen LogP contribution in [0.5, 0.6) is 0 Å². The number of ether oxygens (including phenoxy) is 1. The third-order valence-electron chi connectivity index (χ3n) is 5.62. The second-order valence-electron chi connectivity index (χ2n) is 7.76. The minimum Gasteiger partial charge on any atom is -0.457 e. The van der Waals surface area contributed by atoms with E-state index in [-0.39, 0.29) is 12.6 Å². The summed E-state index contributed by atoms with van der Waals surface area (Å²) < 4.78 is 5.71. The molecule has 0 bridgehead atoms. The first-order valence-corrected chi connectivity index (χ1v) is 11.1. The lowest BCUT2D eigenvalue weighted by atomic mass is 10.0. The highest BCUT2D eigenvalue weighted by molar-refractivity contribution is 6.30. The molecule has 1 aliphatic rings. The molecule has 5 heteroatoms. The summed E-state index contributed by atoms with van der Waals surface area (Å²) in [5, 5.41) is 2.13. The van der Waals surface area contributed by atoms with E-state index in [1.165, 1.54) is 0 Å². The Morgan fingerprint density at radius 2 is 1.75 bits per heavy atom. The minimum absolute atomic E-state index is 0.165. The highest BCUT2D eigenvalue weighted by Crippen LogP contribution is 2.38. The van der Waals surface area contributed by atoms with Crippen molar-refractivity contribution in [2.24, 2.45) is 0 Å². The molecule has 0 radical (unpaired) electrons. The average Bonchev–Trinajstić information content (AvgIpc) is 3.19. The van der Waals surface area contributed by atoms with Crippen LogP contribution in [-0.4, -0.2) is 11.0 Å². The maximum absolute atomic E-state index is 13.3. The van der Waals surface area contributed by atoms with Crippen molar-refractivity contribution >= 4 is 51.7 Å². The lowest BCUT2D eigenvalue weighted by Crippen LogP contribution is -2.10. The van der Waals surface area contributed by atoms with Crippen molar-refractivity contribution in [3.05, 3.63) is 111 Å². The van der Waals surface area contributed by atoms with E-state index in [0.717, 1.165) is 51.7 Å². The monoisotopic (exact) mass is 459 g/mol. The zero-order chi connectivity index (χ0) is 22.1. The fraction of sp³-hybridized carbons (Fsp3) is 0.111. The Labute approximate surface area is 196 Å². The molecule has 0 atom stereocenters. The van der Waals surface area contributed by atoms with Gasteiger partial charge in [0, 0.05) is 15.4 Å². The van der Waals surface area contributed by atoms with Gasteiger partial charge in [0.05, 0.1) is 16.8 Å². The number of fused-ring (bicyclic) bond motifs is 2. The van der Waals surface area contributed by atoms with E-state index < -0.39 is 0 Å². The summed E-state index contributed by atoms with van der Waals surface area (Å²) in [5.41, 5.74) is 6.21. The number of pyridine rings is 1. The summed E-state index contributed by atoms with van der Waals surface area (Å²) in [6.07, 6.45) is 3.68. The van der Waals surface area contributed by atoms with Crippen LogP contribution in [0.4, 0.5) is 0 Å². The smallest absolute Gasteiger partial charge is 0.339 e. The van der Waals surface area contributed by atoms with Crippen molar-refractivity contribution in [2.75, 3.05) is 0 Å². The number of carbonyl (C=O) groups is 1. The molecule has 0 spiro atoms. The molecule has 0 unspecified atom stereocenters. The predicted octanol–water partition coefficient (Wildman–Crippen LogP) is 7.39. The maximum Gasteiger partial charge on any atom is 0.339 e. The Morgan fingerprint density at radius 1 is 0.938 bits per heavy atom. The van der Waals surface area contributed by atoms with E-state index in [0.29, 0.717) is 15.6 Å². The van der Waals surface area contributed by atoms with Crippen molar-refractivity contribution in [3.63, 3.8) is 0 Å². The fourth-order valence-corrected chi connectivity index (χ4v) is 4.46. The SMILES string of the molecule is O=C(OCc1cccc(Cl)c1)c1c2c(nc3ccccc13)/C(=C/c1ccc(Cl)cc1)CC2. The first-order valence-electron chi connectivity index (χ1n) is 10.4. The number of carbonyl (C=O) groups excluding carboxylic acids is 1. The molecule has 0 saturated carbocycles. The summed E-state index contributed by atoms with van der Waals surface area (Å²) in [4.78, 5) is 18.2. The molecule has 0 saturated heterocycles. The van der Waals surface area contributed by atoms with Crippen LogP contribution in [-0.2, 0) is 17.8 Å². The number of hydrogen-bond donors (Lipinski definition) is 0. The molecule has 3 nitrogen and oxygen atoms in total. The van der Waals surface area contributed by atoms with Gasteiger partial charge < -0.3 is 4.74 Å². The first-order chi connectivity index (χ1) is 15.6. The molecule has 1 aliphatic carbocycles. The number of para-hydroxylation sites is 1. The van der Waals surface area contributed by atoms with Gasteiger partial charge in [-0.15, -0.1) is 0 Å². The maximum atomic E-state index is 13.3. The highest BCUT2D eigenvalue weighted by Gasteiger charge is 2.27. The number of aromatic nitrogens is 1. The standard InChI is InChI=1S/C27H19Cl2NO2/c28-20-11-8-17(9-12-20)14-19-10-13-23-25(22-6-1-2-7-24(22)30-26(19)23)27(31)32-16-18-4-3-5-21(29)15-18/h1-9,11-12,14-15H,10,13,16H2/b19-14+. The van der Waals surface area contributed by atoms with Crippen molar-refractivity contribution in [1.29, 1.82) is 0 Å². The lowest BCUT2D eigenvalue weighted by molar-refractivity contribution is 0.0474. The Morgan fingerprint density at radius 3 is 2.56 bits per heavy atom. The average molecular weight is 460 g/mol. The lowest BCUT2D eigenvalue weighted by Gasteiger charge is -2.12. The van der Waals surface area contributed by atoms with Gasteiger partial charge in [0.25, 0.3) is 0 Å². The van der Waals surface area contributed by atoms with Crippen LogP contribution >= 0.6 is 23.2 Å². The van der Waals surface area contributed by atoms with E-state index >= 15 is 0 Å². The predicted molar refractivity (Wildman–Crippen MR) is 130 cm³/mol. The quantitative estimate of drug-likeness (QED) is 0.298. The van der Waals surface area contributed by atoms with Crippen LogP contribution in [0.2, 0.25) is 10.0 Å². The zero-order valence-electron chi connectivity index (χ0n) is 17.1. The van der Waals surface area contributed by atoms with Gasteiger partial charge in [-0.25, -0.2) is 9.78 Å². The number of benzene rings is 3. The van der Waals surface area contributed by atoms with Crippen molar-refractivity contribution in [1.82, 2.24) is 4.98 Å². The number of allylic oxidation sites excluding steroid dienone is 1. The molecular weight excluding hydrogens is 441 g/mol. The van der Waals surface area contributed by atoms with Gasteiger partial charge in [-0.3, -0.25) is 0 Å². The van der Waals surface area contributed by atoms with Crippen LogP contribution in [0.1, 0.15) is 39.2 Å². The molecule has 3 aromatic carbocycles. The molecule has 1 heterocycles.